The number of rotatable bonds is 6. The minimum absolute atomic E-state index is 0. The second-order valence-electron chi connectivity index (χ2n) is 1.60. The number of nitrogens with one attached hydrogen (secondary N) is 2. The predicted octanol–water partition coefficient (Wildman–Crippen LogP) is 1.50. The van der Waals surface area contributed by atoms with E-state index in [4.69, 9.17) is 15.6 Å². The van der Waals surface area contributed by atoms with Crippen LogP contribution in [0.2, 0.25) is 0 Å². The maximum absolute atomic E-state index is 6.63. The van der Waals surface area contributed by atoms with Crippen LogP contribution in [0.3, 0.4) is 0 Å². The van der Waals surface area contributed by atoms with Gasteiger partial charge in [-0.2, -0.15) is 0 Å². The van der Waals surface area contributed by atoms with Gasteiger partial charge in [-0.15, -0.1) is 12.4 Å². The van der Waals surface area contributed by atoms with Crippen LogP contribution in [-0.2, 0) is 4.74 Å². The lowest BCUT2D eigenvalue weighted by Crippen LogP contribution is -1.96. The molecule has 0 heterocycles. The second kappa shape index (κ2) is 11.4. The summed E-state index contributed by atoms with van der Waals surface area (Å²) >= 11 is 0. The van der Waals surface area contributed by atoms with Crippen LogP contribution >= 0.6 is 12.4 Å². The molecule has 0 rings (SSSR count). The molecule has 10 heavy (non-hydrogen) atoms. The van der Waals surface area contributed by atoms with E-state index in [1.165, 1.54) is 12.4 Å². The molecule has 0 atom stereocenters. The molecule has 0 aromatic rings. The molecule has 2 N–H and O–H groups in total. The van der Waals surface area contributed by atoms with Gasteiger partial charge in [-0.3, -0.25) is 0 Å². The standard InChI is InChI=1S/C6H12N2O.ClH/c7-3-1-5-9-6-2-4-8;/h3-4,7-8H,1-2,5-6H2;1H. The molecule has 0 saturated carbocycles. The van der Waals surface area contributed by atoms with Crippen LogP contribution in [0.1, 0.15) is 12.8 Å². The van der Waals surface area contributed by atoms with E-state index in [-0.39, 0.29) is 12.4 Å². The highest BCUT2D eigenvalue weighted by atomic mass is 35.5. The topological polar surface area (TPSA) is 56.9 Å². The zero-order valence-corrected chi connectivity index (χ0v) is 6.62. The predicted molar refractivity (Wildman–Crippen MR) is 44.9 cm³/mol. The molecule has 0 unspecified atom stereocenters. The van der Waals surface area contributed by atoms with Gasteiger partial charge >= 0.3 is 0 Å². The maximum atomic E-state index is 6.63. The number of hydrogen-bond acceptors (Lipinski definition) is 3. The quantitative estimate of drug-likeness (QED) is 0.454. The van der Waals surface area contributed by atoms with Gasteiger partial charge in [0.25, 0.3) is 0 Å². The normalized spacial score (nSPS) is 8.00. The van der Waals surface area contributed by atoms with E-state index in [2.05, 4.69) is 0 Å². The Labute approximate surface area is 67.2 Å². The molecule has 0 bridgehead atoms. The van der Waals surface area contributed by atoms with Crippen molar-refractivity contribution in [1.29, 1.82) is 10.8 Å². The highest BCUT2D eigenvalue weighted by Gasteiger charge is 1.82. The average molecular weight is 165 g/mol. The molecule has 60 valence electrons. The van der Waals surface area contributed by atoms with Crippen LogP contribution in [0.4, 0.5) is 0 Å². The molecule has 0 aliphatic rings. The van der Waals surface area contributed by atoms with Crippen molar-refractivity contribution in [1.82, 2.24) is 0 Å². The van der Waals surface area contributed by atoms with Crippen LogP contribution in [0, 0.1) is 10.8 Å². The Morgan fingerprint density at radius 1 is 1.00 bits per heavy atom. The summed E-state index contributed by atoms with van der Waals surface area (Å²) in [6, 6.07) is 0. The van der Waals surface area contributed by atoms with E-state index >= 15 is 0 Å². The Hall–Kier alpha value is -0.410. The zero-order chi connectivity index (χ0) is 6.95. The highest BCUT2D eigenvalue weighted by molar-refractivity contribution is 5.85. The fourth-order valence-corrected chi connectivity index (χ4v) is 0.387. The van der Waals surface area contributed by atoms with Gasteiger partial charge < -0.3 is 15.6 Å². The van der Waals surface area contributed by atoms with E-state index in [0.29, 0.717) is 26.1 Å². The molecule has 0 amide bonds. The summed E-state index contributed by atoms with van der Waals surface area (Å²) in [5.41, 5.74) is 0. The Balaban J connectivity index is 0. The Kier molecular flexibility index (Phi) is 14.0. The Morgan fingerprint density at radius 2 is 1.40 bits per heavy atom. The summed E-state index contributed by atoms with van der Waals surface area (Å²) in [5, 5.41) is 13.3. The molecule has 0 radical (unpaired) electrons. The fourth-order valence-electron chi connectivity index (χ4n) is 0.387. The highest BCUT2D eigenvalue weighted by Crippen LogP contribution is 1.80. The van der Waals surface area contributed by atoms with Crippen molar-refractivity contribution in [3.8, 4) is 0 Å². The molecular formula is C6H13ClN2O. The first-order valence-corrected chi connectivity index (χ1v) is 2.97. The van der Waals surface area contributed by atoms with E-state index in [1.54, 1.807) is 0 Å². The molecule has 0 aromatic heterocycles. The van der Waals surface area contributed by atoms with E-state index < -0.39 is 0 Å². The van der Waals surface area contributed by atoms with Crippen LogP contribution < -0.4 is 0 Å². The third-order valence-electron chi connectivity index (χ3n) is 0.813. The fraction of sp³-hybridized carbons (Fsp3) is 0.667. The number of ether oxygens (including phenoxy) is 1. The molecule has 0 aliphatic carbocycles. The van der Waals surface area contributed by atoms with Gasteiger partial charge in [0.2, 0.25) is 0 Å². The van der Waals surface area contributed by atoms with Crippen molar-refractivity contribution in [2.75, 3.05) is 13.2 Å². The van der Waals surface area contributed by atoms with Crippen LogP contribution in [0.5, 0.6) is 0 Å². The SMILES string of the molecule is Cl.N=CCCOCCC=N. The van der Waals surface area contributed by atoms with Crippen molar-refractivity contribution in [3.63, 3.8) is 0 Å². The minimum atomic E-state index is 0. The first-order valence-electron chi connectivity index (χ1n) is 2.97. The monoisotopic (exact) mass is 164 g/mol. The summed E-state index contributed by atoms with van der Waals surface area (Å²) < 4.78 is 5.01. The van der Waals surface area contributed by atoms with Crippen molar-refractivity contribution >= 4 is 24.8 Å². The van der Waals surface area contributed by atoms with Gasteiger partial charge in [-0.1, -0.05) is 0 Å². The summed E-state index contributed by atoms with van der Waals surface area (Å²) in [7, 11) is 0. The summed E-state index contributed by atoms with van der Waals surface area (Å²) in [5.74, 6) is 0. The molecule has 3 nitrogen and oxygen atoms in total. The van der Waals surface area contributed by atoms with E-state index in [0.717, 1.165) is 0 Å². The van der Waals surface area contributed by atoms with Crippen LogP contribution in [0.15, 0.2) is 0 Å². The van der Waals surface area contributed by atoms with Crippen LogP contribution in [-0.4, -0.2) is 25.6 Å². The number of halogens is 1. The maximum Gasteiger partial charge on any atom is 0.0515 e. The molecule has 0 saturated heterocycles. The van der Waals surface area contributed by atoms with Crippen LogP contribution in [0.25, 0.3) is 0 Å². The van der Waals surface area contributed by atoms with Crippen molar-refractivity contribution < 1.29 is 4.74 Å². The lowest BCUT2D eigenvalue weighted by Gasteiger charge is -1.96. The summed E-state index contributed by atoms with van der Waals surface area (Å²) in [6.45, 7) is 1.22. The summed E-state index contributed by atoms with van der Waals surface area (Å²) in [6.07, 6.45) is 4.00. The van der Waals surface area contributed by atoms with Gasteiger partial charge in [-0.05, 0) is 12.4 Å². The van der Waals surface area contributed by atoms with Gasteiger partial charge in [0.15, 0.2) is 0 Å². The average Bonchev–Trinajstić information content (AvgIpc) is 1.89. The Bertz CT molecular complexity index is 77.8. The van der Waals surface area contributed by atoms with Gasteiger partial charge in [0, 0.05) is 12.8 Å². The first-order chi connectivity index (χ1) is 4.41. The molecule has 0 aromatic carbocycles. The third kappa shape index (κ3) is 10.5. The lowest BCUT2D eigenvalue weighted by atomic mass is 10.5. The molecule has 0 aliphatic heterocycles. The first kappa shape index (κ1) is 12.3. The van der Waals surface area contributed by atoms with Crippen molar-refractivity contribution in [2.24, 2.45) is 0 Å². The van der Waals surface area contributed by atoms with Crippen molar-refractivity contribution in [3.05, 3.63) is 0 Å². The molecular weight excluding hydrogens is 152 g/mol. The number of hydrogen-bond donors (Lipinski definition) is 2. The third-order valence-corrected chi connectivity index (χ3v) is 0.813. The molecule has 4 heteroatoms. The van der Waals surface area contributed by atoms with Gasteiger partial charge in [0.05, 0.1) is 13.2 Å². The zero-order valence-electron chi connectivity index (χ0n) is 5.80. The minimum Gasteiger partial charge on any atom is -0.381 e. The molecule has 0 spiro atoms. The smallest absolute Gasteiger partial charge is 0.0515 e. The largest absolute Gasteiger partial charge is 0.381 e. The van der Waals surface area contributed by atoms with E-state index in [1.807, 2.05) is 0 Å². The van der Waals surface area contributed by atoms with Crippen molar-refractivity contribution in [2.45, 2.75) is 12.8 Å². The Morgan fingerprint density at radius 3 is 1.70 bits per heavy atom. The van der Waals surface area contributed by atoms with Gasteiger partial charge in [0.1, 0.15) is 0 Å². The second-order valence-corrected chi connectivity index (χ2v) is 1.60. The molecule has 0 fully saturated rings. The lowest BCUT2D eigenvalue weighted by molar-refractivity contribution is 0.149. The van der Waals surface area contributed by atoms with Gasteiger partial charge in [-0.25, -0.2) is 0 Å². The van der Waals surface area contributed by atoms with E-state index in [9.17, 15) is 0 Å². The summed E-state index contributed by atoms with van der Waals surface area (Å²) in [4.78, 5) is 0.